The molecule has 19 heavy (non-hydrogen) atoms. The first-order valence-corrected chi connectivity index (χ1v) is 7.54. The number of rotatable bonds is 7. The molecule has 4 heteroatoms. The number of thioether (sulfide) groups is 1. The van der Waals surface area contributed by atoms with Crippen LogP contribution in [-0.2, 0) is 4.79 Å². The molecule has 3 N–H and O–H groups in total. The molecule has 0 fully saturated rings. The van der Waals surface area contributed by atoms with Gasteiger partial charge in [0, 0.05) is 10.1 Å². The van der Waals surface area contributed by atoms with Crippen molar-refractivity contribution in [2.75, 3.05) is 6.54 Å². The number of aryl methyl sites for hydroxylation is 1. The number of nitrogens with one attached hydrogen (secondary N) is 1. The van der Waals surface area contributed by atoms with Gasteiger partial charge in [0.05, 0.1) is 5.54 Å². The molecule has 0 saturated heterocycles. The smallest absolute Gasteiger partial charge is 0.237 e. The predicted octanol–water partition coefficient (Wildman–Crippen LogP) is 2.72. The van der Waals surface area contributed by atoms with Crippen LogP contribution in [0.15, 0.2) is 29.2 Å². The van der Waals surface area contributed by atoms with Gasteiger partial charge in [-0.25, -0.2) is 0 Å². The van der Waals surface area contributed by atoms with E-state index in [0.29, 0.717) is 5.25 Å². The van der Waals surface area contributed by atoms with Gasteiger partial charge in [-0.2, -0.15) is 0 Å². The minimum Gasteiger partial charge on any atom is -0.368 e. The fourth-order valence-electron chi connectivity index (χ4n) is 2.17. The Morgan fingerprint density at radius 1 is 1.47 bits per heavy atom. The highest BCUT2D eigenvalue weighted by Crippen LogP contribution is 2.30. The van der Waals surface area contributed by atoms with E-state index in [1.54, 1.807) is 11.8 Å². The van der Waals surface area contributed by atoms with E-state index in [1.165, 1.54) is 10.5 Å². The van der Waals surface area contributed by atoms with E-state index in [2.05, 4.69) is 31.3 Å². The van der Waals surface area contributed by atoms with Crippen molar-refractivity contribution in [2.45, 2.75) is 49.8 Å². The van der Waals surface area contributed by atoms with Gasteiger partial charge < -0.3 is 11.1 Å². The zero-order valence-electron chi connectivity index (χ0n) is 12.2. The molecule has 1 aromatic carbocycles. The van der Waals surface area contributed by atoms with Crippen molar-refractivity contribution in [1.82, 2.24) is 5.32 Å². The summed E-state index contributed by atoms with van der Waals surface area (Å²) >= 11 is 1.79. The van der Waals surface area contributed by atoms with Crippen molar-refractivity contribution >= 4 is 17.7 Å². The van der Waals surface area contributed by atoms with Crippen molar-refractivity contribution in [3.05, 3.63) is 29.8 Å². The third-order valence-corrected chi connectivity index (χ3v) is 4.51. The Kier molecular flexibility index (Phi) is 5.88. The maximum absolute atomic E-state index is 11.6. The van der Waals surface area contributed by atoms with E-state index >= 15 is 0 Å². The van der Waals surface area contributed by atoms with Crippen LogP contribution in [-0.4, -0.2) is 23.2 Å². The van der Waals surface area contributed by atoms with Crippen LogP contribution in [0, 0.1) is 6.92 Å². The third kappa shape index (κ3) is 4.55. The summed E-state index contributed by atoms with van der Waals surface area (Å²) in [7, 11) is 0. The maximum Gasteiger partial charge on any atom is 0.237 e. The van der Waals surface area contributed by atoms with Crippen molar-refractivity contribution in [3.63, 3.8) is 0 Å². The summed E-state index contributed by atoms with van der Waals surface area (Å²) in [4.78, 5) is 12.9. The average molecular weight is 280 g/mol. The first-order chi connectivity index (χ1) is 8.89. The van der Waals surface area contributed by atoms with Gasteiger partial charge in [0.25, 0.3) is 0 Å². The van der Waals surface area contributed by atoms with Gasteiger partial charge in [-0.15, -0.1) is 11.8 Å². The van der Waals surface area contributed by atoms with Gasteiger partial charge in [0.15, 0.2) is 0 Å². The van der Waals surface area contributed by atoms with Crippen LogP contribution in [0.1, 0.15) is 32.8 Å². The highest BCUT2D eigenvalue weighted by atomic mass is 32.2. The number of carbonyl (C=O) groups excluding carboxylic acids is 1. The minimum absolute atomic E-state index is 0.286. The first kappa shape index (κ1) is 16.1. The Morgan fingerprint density at radius 2 is 2.11 bits per heavy atom. The lowest BCUT2D eigenvalue weighted by molar-refractivity contribution is -0.124. The summed E-state index contributed by atoms with van der Waals surface area (Å²) in [6.45, 7) is 8.84. The Morgan fingerprint density at radius 3 is 2.63 bits per heavy atom. The molecule has 0 aromatic heterocycles. The Balaban J connectivity index is 2.71. The van der Waals surface area contributed by atoms with Crippen LogP contribution in [0.2, 0.25) is 0 Å². The Bertz CT molecular complexity index is 436. The van der Waals surface area contributed by atoms with Gasteiger partial charge >= 0.3 is 0 Å². The van der Waals surface area contributed by atoms with Crippen LogP contribution < -0.4 is 11.1 Å². The first-order valence-electron chi connectivity index (χ1n) is 6.66. The SMILES string of the molecule is CCNC(C)(CC(C)Sc1ccccc1C)C(N)=O. The summed E-state index contributed by atoms with van der Waals surface area (Å²) in [6.07, 6.45) is 0.717. The molecule has 0 aliphatic carbocycles. The average Bonchev–Trinajstić information content (AvgIpc) is 2.32. The lowest BCUT2D eigenvalue weighted by Gasteiger charge is -2.29. The number of amides is 1. The number of nitrogens with two attached hydrogens (primary N) is 1. The molecule has 0 aliphatic heterocycles. The Hall–Kier alpha value is -1.00. The molecule has 0 radical (unpaired) electrons. The van der Waals surface area contributed by atoms with Crippen LogP contribution in [0.4, 0.5) is 0 Å². The number of carbonyl (C=O) groups is 1. The highest BCUT2D eigenvalue weighted by molar-refractivity contribution is 8.00. The molecule has 0 spiro atoms. The van der Waals surface area contributed by atoms with Gasteiger partial charge in [-0.05, 0) is 38.4 Å². The van der Waals surface area contributed by atoms with E-state index in [9.17, 15) is 4.79 Å². The molecule has 0 bridgehead atoms. The summed E-state index contributed by atoms with van der Waals surface area (Å²) in [5.41, 5.74) is 6.15. The monoisotopic (exact) mass is 280 g/mol. The lowest BCUT2D eigenvalue weighted by Crippen LogP contribution is -2.54. The molecular weight excluding hydrogens is 256 g/mol. The molecule has 0 heterocycles. The van der Waals surface area contributed by atoms with Crippen molar-refractivity contribution in [1.29, 1.82) is 0 Å². The van der Waals surface area contributed by atoms with E-state index in [1.807, 2.05) is 26.0 Å². The van der Waals surface area contributed by atoms with Crippen LogP contribution >= 0.6 is 11.8 Å². The summed E-state index contributed by atoms with van der Waals surface area (Å²) in [5, 5.41) is 3.52. The topological polar surface area (TPSA) is 55.1 Å². The standard InChI is InChI=1S/C15H24N2OS/c1-5-17-15(4,14(16)18)10-12(3)19-13-9-7-6-8-11(13)2/h6-9,12,17H,5,10H2,1-4H3,(H2,16,18). The van der Waals surface area contributed by atoms with Gasteiger partial charge in [0.1, 0.15) is 0 Å². The zero-order chi connectivity index (χ0) is 14.5. The largest absolute Gasteiger partial charge is 0.368 e. The minimum atomic E-state index is -0.635. The molecule has 1 rings (SSSR count). The van der Waals surface area contributed by atoms with E-state index in [0.717, 1.165) is 13.0 Å². The summed E-state index contributed by atoms with van der Waals surface area (Å²) < 4.78 is 0. The Labute approximate surface area is 120 Å². The number of benzene rings is 1. The van der Waals surface area contributed by atoms with Crippen molar-refractivity contribution < 1.29 is 4.79 Å². The molecule has 2 atom stereocenters. The summed E-state index contributed by atoms with van der Waals surface area (Å²) in [6, 6.07) is 8.30. The second-order valence-corrected chi connectivity index (χ2v) is 6.61. The predicted molar refractivity (Wildman–Crippen MR) is 82.4 cm³/mol. The number of primary amides is 1. The van der Waals surface area contributed by atoms with E-state index < -0.39 is 5.54 Å². The normalized spacial score (nSPS) is 15.8. The van der Waals surface area contributed by atoms with Crippen LogP contribution in [0.3, 0.4) is 0 Å². The lowest BCUT2D eigenvalue weighted by atomic mass is 9.95. The number of likely N-dealkylation sites (N-methyl/N-ethyl adjacent to an activating group) is 1. The van der Waals surface area contributed by atoms with Crippen molar-refractivity contribution in [3.8, 4) is 0 Å². The number of hydrogen-bond donors (Lipinski definition) is 2. The third-order valence-electron chi connectivity index (χ3n) is 3.23. The molecular formula is C15H24N2OS. The van der Waals surface area contributed by atoms with Crippen LogP contribution in [0.5, 0.6) is 0 Å². The molecule has 0 aliphatic rings. The zero-order valence-corrected chi connectivity index (χ0v) is 13.0. The fraction of sp³-hybridized carbons (Fsp3) is 0.533. The molecule has 106 valence electrons. The summed E-state index contributed by atoms with van der Waals surface area (Å²) in [5.74, 6) is -0.286. The second kappa shape index (κ2) is 6.96. The van der Waals surface area contributed by atoms with Gasteiger partial charge in [-0.3, -0.25) is 4.79 Å². The number of hydrogen-bond acceptors (Lipinski definition) is 3. The van der Waals surface area contributed by atoms with E-state index in [-0.39, 0.29) is 5.91 Å². The van der Waals surface area contributed by atoms with Crippen molar-refractivity contribution in [2.24, 2.45) is 5.73 Å². The van der Waals surface area contributed by atoms with Gasteiger partial charge in [-0.1, -0.05) is 32.0 Å². The molecule has 1 aromatic rings. The maximum atomic E-state index is 11.6. The molecule has 0 saturated carbocycles. The molecule has 1 amide bonds. The molecule has 2 unspecified atom stereocenters. The highest BCUT2D eigenvalue weighted by Gasteiger charge is 2.32. The van der Waals surface area contributed by atoms with Crippen LogP contribution in [0.25, 0.3) is 0 Å². The van der Waals surface area contributed by atoms with E-state index in [4.69, 9.17) is 5.73 Å². The van der Waals surface area contributed by atoms with Gasteiger partial charge in [0.2, 0.25) is 5.91 Å². The quantitative estimate of drug-likeness (QED) is 0.755. The second-order valence-electron chi connectivity index (χ2n) is 5.12. The fourth-order valence-corrected chi connectivity index (χ4v) is 3.43. The molecule has 3 nitrogen and oxygen atoms in total.